The summed E-state index contributed by atoms with van der Waals surface area (Å²) in [7, 11) is 5.77. The van der Waals surface area contributed by atoms with E-state index in [0.717, 1.165) is 0 Å². The predicted molar refractivity (Wildman–Crippen MR) is 64.5 cm³/mol. The second kappa shape index (κ2) is 6.39. The Balaban J connectivity index is 4.60. The van der Waals surface area contributed by atoms with Gasteiger partial charge in [0, 0.05) is 5.57 Å². The van der Waals surface area contributed by atoms with E-state index in [9.17, 15) is 9.59 Å². The van der Waals surface area contributed by atoms with Crippen LogP contribution in [0, 0.1) is 0 Å². The average molecular weight is 244 g/mol. The van der Waals surface area contributed by atoms with Gasteiger partial charge in [-0.1, -0.05) is 6.08 Å². The second-order valence-corrected chi connectivity index (χ2v) is 5.07. The molecule has 0 aromatic heterocycles. The number of allylic oxidation sites excluding steroid dienone is 1. The number of carboxylic acids is 1. The summed E-state index contributed by atoms with van der Waals surface area (Å²) in [4.78, 5) is 22.3. The summed E-state index contributed by atoms with van der Waals surface area (Å²) >= 11 is 0. The highest BCUT2D eigenvalue weighted by atomic mass is 16.5. The van der Waals surface area contributed by atoms with E-state index in [1.807, 2.05) is 21.1 Å². The Morgan fingerprint density at radius 2 is 1.88 bits per heavy atom. The van der Waals surface area contributed by atoms with Crippen molar-refractivity contribution in [3.63, 3.8) is 0 Å². The molecule has 0 radical (unpaired) electrons. The molecule has 5 heteroatoms. The van der Waals surface area contributed by atoms with Gasteiger partial charge in [0.2, 0.25) is 0 Å². The minimum atomic E-state index is -0.964. The highest BCUT2D eigenvalue weighted by Gasteiger charge is 2.24. The summed E-state index contributed by atoms with van der Waals surface area (Å²) in [5.74, 6) is -1.42. The van der Waals surface area contributed by atoms with Crippen molar-refractivity contribution in [3.8, 4) is 0 Å². The number of likely N-dealkylation sites (N-methyl/N-ethyl adjacent to an activating group) is 1. The lowest BCUT2D eigenvalue weighted by molar-refractivity contribution is -0.873. The first kappa shape index (κ1) is 15.6. The van der Waals surface area contributed by atoms with Crippen molar-refractivity contribution in [1.82, 2.24) is 0 Å². The summed E-state index contributed by atoms with van der Waals surface area (Å²) in [5, 5.41) is 8.78. The molecule has 0 amide bonds. The maximum atomic E-state index is 11.6. The van der Waals surface area contributed by atoms with Gasteiger partial charge < -0.3 is 14.3 Å². The lowest BCUT2D eigenvalue weighted by Crippen LogP contribution is -2.43. The molecule has 0 heterocycles. The maximum absolute atomic E-state index is 11.6. The van der Waals surface area contributed by atoms with Gasteiger partial charge in [0.25, 0.3) is 0 Å². The number of esters is 1. The molecule has 1 atom stereocenters. The Hall–Kier alpha value is -1.36. The van der Waals surface area contributed by atoms with Gasteiger partial charge in [-0.25, -0.2) is 4.79 Å². The quantitative estimate of drug-likeness (QED) is 0.431. The number of nitrogens with zero attached hydrogens (tertiary/aromatic N) is 1. The fourth-order valence-corrected chi connectivity index (χ4v) is 1.31. The summed E-state index contributed by atoms with van der Waals surface area (Å²) in [5.41, 5.74) is 0.488. The average Bonchev–Trinajstić information content (AvgIpc) is 2.12. The van der Waals surface area contributed by atoms with Crippen molar-refractivity contribution < 1.29 is 23.9 Å². The summed E-state index contributed by atoms with van der Waals surface area (Å²) in [6, 6.07) is 0. The molecule has 0 bridgehead atoms. The summed E-state index contributed by atoms with van der Waals surface area (Å²) < 4.78 is 5.73. The number of ether oxygens (including phenoxy) is 1. The Bertz CT molecular complexity index is 315. The van der Waals surface area contributed by atoms with Crippen LogP contribution < -0.4 is 0 Å². The third kappa shape index (κ3) is 7.52. The van der Waals surface area contributed by atoms with Gasteiger partial charge in [0.15, 0.2) is 6.10 Å². The van der Waals surface area contributed by atoms with Crippen LogP contribution in [0.4, 0.5) is 0 Å². The van der Waals surface area contributed by atoms with Crippen LogP contribution in [0.2, 0.25) is 0 Å². The molecule has 0 saturated carbocycles. The smallest absolute Gasteiger partial charge is 0.333 e. The predicted octanol–water partition coefficient (Wildman–Crippen LogP) is 1.05. The Labute approximate surface area is 102 Å². The zero-order valence-corrected chi connectivity index (χ0v) is 11.2. The lowest BCUT2D eigenvalue weighted by Gasteiger charge is -2.28. The van der Waals surface area contributed by atoms with E-state index in [0.29, 0.717) is 16.6 Å². The standard InChI is InChI=1S/C12H21NO4/c1-6-9(2)12(16)17-10(7-11(14)15)8-13(3,4)5/h6,10H,7-8H2,1-5H3/p+1/b9-6+. The molecule has 5 nitrogen and oxygen atoms in total. The number of quaternary nitrogens is 1. The molecule has 0 aromatic carbocycles. The van der Waals surface area contributed by atoms with Crippen LogP contribution >= 0.6 is 0 Å². The van der Waals surface area contributed by atoms with Crippen molar-refractivity contribution in [2.45, 2.75) is 26.4 Å². The molecule has 0 saturated heterocycles. The van der Waals surface area contributed by atoms with Gasteiger partial charge in [0.05, 0.1) is 27.6 Å². The number of rotatable bonds is 6. The van der Waals surface area contributed by atoms with E-state index < -0.39 is 18.0 Å². The van der Waals surface area contributed by atoms with E-state index in [1.54, 1.807) is 19.9 Å². The van der Waals surface area contributed by atoms with E-state index in [2.05, 4.69) is 0 Å². The monoisotopic (exact) mass is 244 g/mol. The van der Waals surface area contributed by atoms with Gasteiger partial charge in [-0.3, -0.25) is 4.79 Å². The van der Waals surface area contributed by atoms with Crippen molar-refractivity contribution in [3.05, 3.63) is 11.6 Å². The molecular formula is C12H22NO4+. The van der Waals surface area contributed by atoms with Crippen LogP contribution in [-0.2, 0) is 14.3 Å². The normalized spacial score (nSPS) is 14.3. The number of hydrogen-bond acceptors (Lipinski definition) is 3. The number of carbonyl (C=O) groups is 2. The molecule has 0 aliphatic carbocycles. The van der Waals surface area contributed by atoms with Crippen molar-refractivity contribution >= 4 is 11.9 Å². The van der Waals surface area contributed by atoms with Crippen LogP contribution in [0.3, 0.4) is 0 Å². The van der Waals surface area contributed by atoms with Gasteiger partial charge >= 0.3 is 11.9 Å². The van der Waals surface area contributed by atoms with Crippen molar-refractivity contribution in [2.75, 3.05) is 27.7 Å². The van der Waals surface area contributed by atoms with Crippen LogP contribution in [0.15, 0.2) is 11.6 Å². The summed E-state index contributed by atoms with van der Waals surface area (Å²) in [6.45, 7) is 3.85. The largest absolute Gasteiger partial charge is 0.481 e. The topological polar surface area (TPSA) is 63.6 Å². The third-order valence-corrected chi connectivity index (χ3v) is 2.18. The molecule has 0 aromatic rings. The first-order chi connectivity index (χ1) is 7.65. The first-order valence-corrected chi connectivity index (χ1v) is 5.52. The molecule has 1 unspecified atom stereocenters. The van der Waals surface area contributed by atoms with Crippen molar-refractivity contribution in [1.29, 1.82) is 0 Å². The summed E-state index contributed by atoms with van der Waals surface area (Å²) in [6.07, 6.45) is 0.875. The Kier molecular flexibility index (Phi) is 5.88. The van der Waals surface area contributed by atoms with E-state index >= 15 is 0 Å². The van der Waals surface area contributed by atoms with Gasteiger partial charge in [-0.2, -0.15) is 0 Å². The van der Waals surface area contributed by atoms with Gasteiger partial charge in [-0.05, 0) is 13.8 Å². The zero-order valence-electron chi connectivity index (χ0n) is 11.2. The van der Waals surface area contributed by atoms with Crippen LogP contribution in [-0.4, -0.2) is 55.3 Å². The molecule has 0 aliphatic rings. The lowest BCUT2D eigenvalue weighted by atomic mass is 10.2. The van der Waals surface area contributed by atoms with E-state index in [4.69, 9.17) is 9.84 Å². The number of aliphatic carboxylic acids is 1. The molecule has 98 valence electrons. The third-order valence-electron chi connectivity index (χ3n) is 2.18. The molecule has 0 spiro atoms. The first-order valence-electron chi connectivity index (χ1n) is 5.52. The highest BCUT2D eigenvalue weighted by Crippen LogP contribution is 2.08. The molecule has 0 aliphatic heterocycles. The van der Waals surface area contributed by atoms with E-state index in [-0.39, 0.29) is 6.42 Å². The fourth-order valence-electron chi connectivity index (χ4n) is 1.31. The van der Waals surface area contributed by atoms with Crippen LogP contribution in [0.5, 0.6) is 0 Å². The Morgan fingerprint density at radius 1 is 1.35 bits per heavy atom. The highest BCUT2D eigenvalue weighted by molar-refractivity contribution is 5.87. The maximum Gasteiger partial charge on any atom is 0.333 e. The van der Waals surface area contributed by atoms with Crippen LogP contribution in [0.25, 0.3) is 0 Å². The molecule has 0 rings (SSSR count). The van der Waals surface area contributed by atoms with Crippen molar-refractivity contribution in [2.24, 2.45) is 0 Å². The second-order valence-electron chi connectivity index (χ2n) is 5.07. The molecule has 1 N–H and O–H groups in total. The van der Waals surface area contributed by atoms with Gasteiger partial charge in [-0.15, -0.1) is 0 Å². The zero-order chi connectivity index (χ0) is 13.6. The van der Waals surface area contributed by atoms with Crippen LogP contribution in [0.1, 0.15) is 20.3 Å². The van der Waals surface area contributed by atoms with E-state index in [1.165, 1.54) is 0 Å². The number of carboxylic acid groups (broad SMARTS) is 1. The molecule has 0 fully saturated rings. The minimum Gasteiger partial charge on any atom is -0.481 e. The molecule has 17 heavy (non-hydrogen) atoms. The SMILES string of the molecule is C/C=C(\C)C(=O)OC(CC(=O)O)C[N+](C)(C)C. The minimum absolute atomic E-state index is 0.168. The number of hydrogen-bond donors (Lipinski definition) is 1. The van der Waals surface area contributed by atoms with Gasteiger partial charge in [0.1, 0.15) is 6.54 Å². The Morgan fingerprint density at radius 3 is 2.24 bits per heavy atom. The fraction of sp³-hybridized carbons (Fsp3) is 0.667. The molecular weight excluding hydrogens is 222 g/mol. The number of carbonyl (C=O) groups excluding carboxylic acids is 1.